The molecule has 1 atom stereocenters. The molecule has 6 heteroatoms. The van der Waals surface area contributed by atoms with Gasteiger partial charge in [-0.1, -0.05) is 12.1 Å². The molecule has 1 aromatic heterocycles. The van der Waals surface area contributed by atoms with Gasteiger partial charge in [-0.2, -0.15) is 0 Å². The van der Waals surface area contributed by atoms with Gasteiger partial charge < -0.3 is 19.9 Å². The lowest BCUT2D eigenvalue weighted by molar-refractivity contribution is 0.0953. The highest BCUT2D eigenvalue weighted by Crippen LogP contribution is 2.20. The van der Waals surface area contributed by atoms with E-state index in [0.717, 1.165) is 43.9 Å². The van der Waals surface area contributed by atoms with Crippen LogP contribution in [0.25, 0.3) is 0 Å². The highest BCUT2D eigenvalue weighted by Gasteiger charge is 2.24. The second-order valence-electron chi connectivity index (χ2n) is 7.46. The lowest BCUT2D eigenvalue weighted by atomic mass is 10.1. The van der Waals surface area contributed by atoms with Gasteiger partial charge in [0.25, 0.3) is 5.91 Å². The molecule has 150 valence electrons. The smallest absolute Gasteiger partial charge is 0.252 e. The largest absolute Gasteiger partial charge is 0.497 e. The quantitative estimate of drug-likeness (QED) is 0.711. The van der Waals surface area contributed by atoms with Gasteiger partial charge in [0.15, 0.2) is 0 Å². The fraction of sp³-hybridized carbons (Fsp3) is 0.455. The Balaban J connectivity index is 1.43. The fourth-order valence-electron chi connectivity index (χ4n) is 3.47. The number of aromatic nitrogens is 1. The molecule has 3 rings (SSSR count). The Morgan fingerprint density at radius 3 is 2.64 bits per heavy atom. The number of amides is 1. The molecular formula is C22H30N4O2. The predicted octanol–water partition coefficient (Wildman–Crippen LogP) is 2.59. The Kier molecular flexibility index (Phi) is 6.87. The third-order valence-electron chi connectivity index (χ3n) is 5.31. The van der Waals surface area contributed by atoms with Crippen molar-refractivity contribution in [3.8, 4) is 5.75 Å². The fourth-order valence-corrected chi connectivity index (χ4v) is 3.47. The second kappa shape index (κ2) is 9.55. The molecule has 1 unspecified atom stereocenters. The molecule has 1 aliphatic heterocycles. The molecule has 0 spiro atoms. The van der Waals surface area contributed by atoms with E-state index < -0.39 is 0 Å². The topological polar surface area (TPSA) is 57.7 Å². The maximum absolute atomic E-state index is 12.3. The van der Waals surface area contributed by atoms with Crippen molar-refractivity contribution in [1.29, 1.82) is 0 Å². The Hall–Kier alpha value is -2.60. The maximum atomic E-state index is 12.3. The second-order valence-corrected chi connectivity index (χ2v) is 7.46. The molecule has 0 saturated carbocycles. The first-order chi connectivity index (χ1) is 13.6. The number of aryl methyl sites for hydroxylation is 1. The molecule has 1 fully saturated rings. The van der Waals surface area contributed by atoms with Crippen LogP contribution in [0.1, 0.15) is 28.8 Å². The van der Waals surface area contributed by atoms with Crippen molar-refractivity contribution >= 4 is 11.7 Å². The molecule has 2 heterocycles. The number of anilines is 1. The van der Waals surface area contributed by atoms with E-state index >= 15 is 0 Å². The van der Waals surface area contributed by atoms with E-state index in [1.165, 1.54) is 5.56 Å². The van der Waals surface area contributed by atoms with Crippen molar-refractivity contribution < 1.29 is 9.53 Å². The zero-order chi connectivity index (χ0) is 19.9. The van der Waals surface area contributed by atoms with Gasteiger partial charge >= 0.3 is 0 Å². The zero-order valence-electron chi connectivity index (χ0n) is 17.0. The number of nitrogens with zero attached hydrogens (tertiary/aromatic N) is 3. The van der Waals surface area contributed by atoms with Crippen LogP contribution in [0, 0.1) is 0 Å². The molecule has 0 radical (unpaired) electrons. The van der Waals surface area contributed by atoms with E-state index in [1.54, 1.807) is 13.3 Å². The highest BCUT2D eigenvalue weighted by atomic mass is 16.5. The summed E-state index contributed by atoms with van der Waals surface area (Å²) in [5.74, 6) is 1.74. The number of pyridine rings is 1. The van der Waals surface area contributed by atoms with E-state index in [9.17, 15) is 4.79 Å². The number of carbonyl (C=O) groups excluding carboxylic acids is 1. The van der Waals surface area contributed by atoms with Crippen molar-refractivity contribution in [2.45, 2.75) is 25.3 Å². The van der Waals surface area contributed by atoms with Crippen LogP contribution in [0.2, 0.25) is 0 Å². The minimum absolute atomic E-state index is 0.0682. The van der Waals surface area contributed by atoms with Crippen LogP contribution in [0.15, 0.2) is 42.6 Å². The van der Waals surface area contributed by atoms with Crippen LogP contribution in [-0.2, 0) is 6.42 Å². The maximum Gasteiger partial charge on any atom is 0.252 e. The molecule has 1 amide bonds. The number of hydrogen-bond acceptors (Lipinski definition) is 5. The summed E-state index contributed by atoms with van der Waals surface area (Å²) in [4.78, 5) is 21.4. The number of hydrogen-bond donors (Lipinski definition) is 1. The van der Waals surface area contributed by atoms with E-state index in [1.807, 2.05) is 24.3 Å². The Labute approximate surface area is 167 Å². The summed E-state index contributed by atoms with van der Waals surface area (Å²) in [7, 11) is 5.89. The summed E-state index contributed by atoms with van der Waals surface area (Å²) in [6, 6.07) is 12.4. The average Bonchev–Trinajstić information content (AvgIpc) is 3.22. The van der Waals surface area contributed by atoms with Gasteiger partial charge in [-0.25, -0.2) is 4.98 Å². The molecule has 0 aliphatic carbocycles. The first-order valence-corrected chi connectivity index (χ1v) is 9.85. The molecule has 1 saturated heterocycles. The number of ether oxygens (including phenoxy) is 1. The monoisotopic (exact) mass is 382 g/mol. The minimum atomic E-state index is -0.0682. The van der Waals surface area contributed by atoms with E-state index in [2.05, 4.69) is 46.3 Å². The summed E-state index contributed by atoms with van der Waals surface area (Å²) < 4.78 is 5.16. The third-order valence-corrected chi connectivity index (χ3v) is 5.31. The molecule has 6 nitrogen and oxygen atoms in total. The summed E-state index contributed by atoms with van der Waals surface area (Å²) in [6.45, 7) is 2.63. The minimum Gasteiger partial charge on any atom is -0.497 e. The van der Waals surface area contributed by atoms with Crippen LogP contribution in [0.5, 0.6) is 5.75 Å². The first kappa shape index (κ1) is 20.1. The molecule has 28 heavy (non-hydrogen) atoms. The summed E-state index contributed by atoms with van der Waals surface area (Å²) >= 11 is 0. The number of likely N-dealkylation sites (N-methyl/N-ethyl adjacent to an activating group) is 1. The van der Waals surface area contributed by atoms with Gasteiger partial charge in [-0.05, 0) is 63.2 Å². The SMILES string of the molecule is COc1ccc(CCCNC(=O)c2ccc(N3CCC(N(C)C)C3)nc2)cc1. The predicted molar refractivity (Wildman–Crippen MR) is 112 cm³/mol. The summed E-state index contributed by atoms with van der Waals surface area (Å²) in [6.07, 6.45) is 4.63. The van der Waals surface area contributed by atoms with Crippen molar-refractivity contribution in [2.75, 3.05) is 45.7 Å². The van der Waals surface area contributed by atoms with E-state index in [4.69, 9.17) is 4.74 Å². The van der Waals surface area contributed by atoms with Crippen molar-refractivity contribution in [3.63, 3.8) is 0 Å². The standard InChI is InChI=1S/C22H30N4O2/c1-25(2)19-12-14-26(16-19)21-11-8-18(15-24-21)22(27)23-13-4-5-17-6-9-20(28-3)10-7-17/h6-11,15,19H,4-5,12-14,16H2,1-3H3,(H,23,27). The van der Waals surface area contributed by atoms with Crippen LogP contribution in [0.3, 0.4) is 0 Å². The number of nitrogens with one attached hydrogen (secondary N) is 1. The van der Waals surface area contributed by atoms with Crippen LogP contribution >= 0.6 is 0 Å². The van der Waals surface area contributed by atoms with Gasteiger partial charge in [-0.15, -0.1) is 0 Å². The number of methoxy groups -OCH3 is 1. The number of carbonyl (C=O) groups is 1. The van der Waals surface area contributed by atoms with Crippen molar-refractivity contribution in [1.82, 2.24) is 15.2 Å². The van der Waals surface area contributed by atoms with Crippen molar-refractivity contribution in [3.05, 3.63) is 53.7 Å². The molecule has 0 bridgehead atoms. The molecule has 1 N–H and O–H groups in total. The van der Waals surface area contributed by atoms with Crippen molar-refractivity contribution in [2.24, 2.45) is 0 Å². The Morgan fingerprint density at radius 2 is 2.04 bits per heavy atom. The Bertz CT molecular complexity index is 759. The van der Waals surface area contributed by atoms with E-state index in [0.29, 0.717) is 18.2 Å². The van der Waals surface area contributed by atoms with Gasteiger partial charge in [0.1, 0.15) is 11.6 Å². The van der Waals surface area contributed by atoms with Gasteiger partial charge in [0, 0.05) is 31.9 Å². The lowest BCUT2D eigenvalue weighted by Gasteiger charge is -2.21. The zero-order valence-corrected chi connectivity index (χ0v) is 17.0. The lowest BCUT2D eigenvalue weighted by Crippen LogP contribution is -2.31. The summed E-state index contributed by atoms with van der Waals surface area (Å²) in [5, 5.41) is 2.98. The average molecular weight is 383 g/mol. The first-order valence-electron chi connectivity index (χ1n) is 9.85. The molecular weight excluding hydrogens is 352 g/mol. The molecule has 1 aliphatic rings. The normalized spacial score (nSPS) is 16.4. The van der Waals surface area contributed by atoms with Crippen LogP contribution in [0.4, 0.5) is 5.82 Å². The van der Waals surface area contributed by atoms with E-state index in [-0.39, 0.29) is 5.91 Å². The highest BCUT2D eigenvalue weighted by molar-refractivity contribution is 5.94. The third kappa shape index (κ3) is 5.23. The molecule has 1 aromatic carbocycles. The Morgan fingerprint density at radius 1 is 1.25 bits per heavy atom. The number of rotatable bonds is 8. The van der Waals surface area contributed by atoms with Gasteiger partial charge in [0.05, 0.1) is 12.7 Å². The molecule has 2 aromatic rings. The summed E-state index contributed by atoms with van der Waals surface area (Å²) in [5.41, 5.74) is 1.85. The van der Waals surface area contributed by atoms with Crippen LogP contribution < -0.4 is 15.0 Å². The van der Waals surface area contributed by atoms with Crippen LogP contribution in [-0.4, -0.2) is 62.7 Å². The van der Waals surface area contributed by atoms with Gasteiger partial charge in [-0.3, -0.25) is 4.79 Å². The van der Waals surface area contributed by atoms with Gasteiger partial charge in [0.2, 0.25) is 0 Å². The number of benzene rings is 1.